The summed E-state index contributed by atoms with van der Waals surface area (Å²) in [5, 5.41) is 3.91. The molecule has 0 aromatic heterocycles. The summed E-state index contributed by atoms with van der Waals surface area (Å²) >= 11 is 3.43. The molecule has 1 aromatic carbocycles. The van der Waals surface area contributed by atoms with Gasteiger partial charge in [-0.15, -0.1) is 0 Å². The van der Waals surface area contributed by atoms with Crippen molar-refractivity contribution in [3.05, 3.63) is 29.3 Å². The van der Waals surface area contributed by atoms with Crippen LogP contribution in [0.2, 0.25) is 0 Å². The molecule has 1 aliphatic heterocycles. The second kappa shape index (κ2) is 5.74. The van der Waals surface area contributed by atoms with Crippen LogP contribution in [0.1, 0.15) is 29.8 Å². The fourth-order valence-electron chi connectivity index (χ4n) is 1.89. The Labute approximate surface area is 116 Å². The van der Waals surface area contributed by atoms with Crippen LogP contribution in [0.4, 0.5) is 0 Å². The molecule has 4 heteroatoms. The first-order valence-electron chi connectivity index (χ1n) is 6.24. The molecular weight excluding hydrogens is 294 g/mol. The first kappa shape index (κ1) is 13.4. The number of benzene rings is 1. The maximum atomic E-state index is 12.1. The number of hydrogen-bond donors (Lipinski definition) is 1. The molecule has 0 saturated carbocycles. The minimum atomic E-state index is -0.00926. The number of fused-ring (bicyclic) bond motifs is 1. The normalized spacial score (nSPS) is 16.6. The van der Waals surface area contributed by atoms with E-state index in [-0.39, 0.29) is 11.9 Å². The van der Waals surface area contributed by atoms with Gasteiger partial charge >= 0.3 is 0 Å². The number of rotatable bonds is 4. The summed E-state index contributed by atoms with van der Waals surface area (Å²) in [6.07, 6.45) is 0.893. The number of alkyl halides is 1. The fraction of sp³-hybridized carbons (Fsp3) is 0.500. The summed E-state index contributed by atoms with van der Waals surface area (Å²) in [5.74, 6) is 1.31. The highest BCUT2D eigenvalue weighted by molar-refractivity contribution is 9.09. The van der Waals surface area contributed by atoms with E-state index < -0.39 is 0 Å². The minimum absolute atomic E-state index is 0.00926. The van der Waals surface area contributed by atoms with Crippen molar-refractivity contribution < 1.29 is 9.53 Å². The van der Waals surface area contributed by atoms with E-state index in [2.05, 4.69) is 28.2 Å². The van der Waals surface area contributed by atoms with Crippen LogP contribution in [0.15, 0.2) is 18.2 Å². The van der Waals surface area contributed by atoms with E-state index in [9.17, 15) is 4.79 Å². The lowest BCUT2D eigenvalue weighted by Crippen LogP contribution is -2.37. The molecule has 18 heavy (non-hydrogen) atoms. The standard InChI is InChI=1S/C14H18BrNO2/c1-9(8-15)10(2)16-14(17)12-3-4-13-11(7-12)5-6-18-13/h3-4,7,9-10H,5-6,8H2,1-2H3,(H,16,17). The van der Waals surface area contributed by atoms with Crippen LogP contribution in [0.25, 0.3) is 0 Å². The molecule has 1 heterocycles. The molecule has 1 N–H and O–H groups in total. The van der Waals surface area contributed by atoms with Crippen molar-refractivity contribution in [2.75, 3.05) is 11.9 Å². The Balaban J connectivity index is 2.05. The Morgan fingerprint density at radius 3 is 3.00 bits per heavy atom. The number of halogens is 1. The maximum Gasteiger partial charge on any atom is 0.251 e. The fourth-order valence-corrected chi connectivity index (χ4v) is 2.45. The summed E-state index contributed by atoms with van der Waals surface area (Å²) in [7, 11) is 0. The van der Waals surface area contributed by atoms with Crippen LogP contribution < -0.4 is 10.1 Å². The lowest BCUT2D eigenvalue weighted by Gasteiger charge is -2.19. The molecular formula is C14H18BrNO2. The number of carbonyl (C=O) groups is 1. The molecule has 1 amide bonds. The second-order valence-corrected chi connectivity index (χ2v) is 5.46. The predicted octanol–water partition coefficient (Wildman–Crippen LogP) is 2.77. The number of nitrogens with one attached hydrogen (secondary N) is 1. The number of amides is 1. The smallest absolute Gasteiger partial charge is 0.251 e. The molecule has 1 aliphatic rings. The van der Waals surface area contributed by atoms with E-state index >= 15 is 0 Å². The van der Waals surface area contributed by atoms with Crippen molar-refractivity contribution in [1.82, 2.24) is 5.32 Å². The van der Waals surface area contributed by atoms with Gasteiger partial charge in [-0.3, -0.25) is 4.79 Å². The van der Waals surface area contributed by atoms with Gasteiger partial charge in [0.25, 0.3) is 5.91 Å². The van der Waals surface area contributed by atoms with Gasteiger partial charge in [0, 0.05) is 23.4 Å². The minimum Gasteiger partial charge on any atom is -0.493 e. The molecule has 2 unspecified atom stereocenters. The van der Waals surface area contributed by atoms with E-state index in [4.69, 9.17) is 4.74 Å². The lowest BCUT2D eigenvalue weighted by molar-refractivity contribution is 0.0931. The van der Waals surface area contributed by atoms with Gasteiger partial charge in [0.15, 0.2) is 0 Å². The Bertz CT molecular complexity index is 447. The van der Waals surface area contributed by atoms with Gasteiger partial charge in [0.2, 0.25) is 0 Å². The molecule has 98 valence electrons. The predicted molar refractivity (Wildman–Crippen MR) is 75.5 cm³/mol. The van der Waals surface area contributed by atoms with Crippen molar-refractivity contribution in [1.29, 1.82) is 0 Å². The van der Waals surface area contributed by atoms with Gasteiger partial charge < -0.3 is 10.1 Å². The van der Waals surface area contributed by atoms with Crippen LogP contribution in [-0.4, -0.2) is 23.9 Å². The van der Waals surface area contributed by atoms with Gasteiger partial charge in [0.05, 0.1) is 6.61 Å². The van der Waals surface area contributed by atoms with Crippen LogP contribution in [0.5, 0.6) is 5.75 Å². The highest BCUT2D eigenvalue weighted by Crippen LogP contribution is 2.25. The van der Waals surface area contributed by atoms with Crippen molar-refractivity contribution in [2.45, 2.75) is 26.3 Å². The van der Waals surface area contributed by atoms with E-state index in [1.54, 1.807) is 0 Å². The zero-order valence-electron chi connectivity index (χ0n) is 10.7. The zero-order valence-corrected chi connectivity index (χ0v) is 12.3. The van der Waals surface area contributed by atoms with Crippen LogP contribution in [-0.2, 0) is 6.42 Å². The molecule has 0 radical (unpaired) electrons. The number of ether oxygens (including phenoxy) is 1. The van der Waals surface area contributed by atoms with Crippen molar-refractivity contribution in [2.24, 2.45) is 5.92 Å². The quantitative estimate of drug-likeness (QED) is 0.868. The summed E-state index contributed by atoms with van der Waals surface area (Å²) in [4.78, 5) is 12.1. The summed E-state index contributed by atoms with van der Waals surface area (Å²) < 4.78 is 5.43. The summed E-state index contributed by atoms with van der Waals surface area (Å²) in [5.41, 5.74) is 1.84. The monoisotopic (exact) mass is 311 g/mol. The van der Waals surface area contributed by atoms with Crippen LogP contribution in [0, 0.1) is 5.92 Å². The van der Waals surface area contributed by atoms with Gasteiger partial charge in [-0.1, -0.05) is 22.9 Å². The van der Waals surface area contributed by atoms with Crippen LogP contribution >= 0.6 is 15.9 Å². The van der Waals surface area contributed by atoms with Crippen LogP contribution in [0.3, 0.4) is 0 Å². The Morgan fingerprint density at radius 1 is 1.50 bits per heavy atom. The molecule has 0 bridgehead atoms. The third-order valence-corrected chi connectivity index (χ3v) is 4.43. The van der Waals surface area contributed by atoms with E-state index in [0.717, 1.165) is 29.7 Å². The molecule has 0 aliphatic carbocycles. The molecule has 0 fully saturated rings. The lowest BCUT2D eigenvalue weighted by atomic mass is 10.0. The van der Waals surface area contributed by atoms with Crippen molar-refractivity contribution in [3.63, 3.8) is 0 Å². The Hall–Kier alpha value is -1.03. The van der Waals surface area contributed by atoms with Gasteiger partial charge in [0.1, 0.15) is 5.75 Å². The Morgan fingerprint density at radius 2 is 2.28 bits per heavy atom. The van der Waals surface area contributed by atoms with Gasteiger partial charge in [-0.2, -0.15) is 0 Å². The SMILES string of the molecule is CC(CBr)C(C)NC(=O)c1ccc2c(c1)CCO2. The molecule has 1 aromatic rings. The third-order valence-electron chi connectivity index (χ3n) is 3.41. The summed E-state index contributed by atoms with van der Waals surface area (Å²) in [6.45, 7) is 4.86. The summed E-state index contributed by atoms with van der Waals surface area (Å²) in [6, 6.07) is 5.80. The average Bonchev–Trinajstić information content (AvgIpc) is 2.84. The molecule has 3 nitrogen and oxygen atoms in total. The zero-order chi connectivity index (χ0) is 13.1. The molecule has 0 saturated heterocycles. The average molecular weight is 312 g/mol. The second-order valence-electron chi connectivity index (χ2n) is 4.81. The largest absolute Gasteiger partial charge is 0.493 e. The topological polar surface area (TPSA) is 38.3 Å². The first-order valence-corrected chi connectivity index (χ1v) is 7.36. The highest BCUT2D eigenvalue weighted by atomic mass is 79.9. The first-order chi connectivity index (χ1) is 8.61. The Kier molecular flexibility index (Phi) is 4.27. The molecule has 2 rings (SSSR count). The number of carbonyl (C=O) groups excluding carboxylic acids is 1. The van der Waals surface area contributed by atoms with E-state index in [1.807, 2.05) is 25.1 Å². The van der Waals surface area contributed by atoms with Crippen molar-refractivity contribution >= 4 is 21.8 Å². The molecule has 0 spiro atoms. The number of hydrogen-bond acceptors (Lipinski definition) is 2. The van der Waals surface area contributed by atoms with Crippen molar-refractivity contribution in [3.8, 4) is 5.75 Å². The van der Waals surface area contributed by atoms with E-state index in [0.29, 0.717) is 11.5 Å². The van der Waals surface area contributed by atoms with Gasteiger partial charge in [-0.05, 0) is 36.6 Å². The highest BCUT2D eigenvalue weighted by Gasteiger charge is 2.18. The maximum absolute atomic E-state index is 12.1. The van der Waals surface area contributed by atoms with E-state index in [1.165, 1.54) is 0 Å². The molecule has 2 atom stereocenters. The van der Waals surface area contributed by atoms with Gasteiger partial charge in [-0.25, -0.2) is 0 Å². The third kappa shape index (κ3) is 2.86.